The van der Waals surface area contributed by atoms with Crippen molar-refractivity contribution in [1.82, 2.24) is 0 Å². The zero-order chi connectivity index (χ0) is 22.3. The summed E-state index contributed by atoms with van der Waals surface area (Å²) >= 11 is 7.46. The molecule has 158 valence electrons. The molecule has 0 radical (unpaired) electrons. The number of halogens is 2. The molecule has 0 amide bonds. The Hall–Kier alpha value is -2.76. The third-order valence-corrected chi connectivity index (χ3v) is 7.91. The lowest BCUT2D eigenvalue weighted by molar-refractivity contribution is -0.384. The summed E-state index contributed by atoms with van der Waals surface area (Å²) in [6, 6.07) is 30.2. The van der Waals surface area contributed by atoms with E-state index in [1.807, 2.05) is 36.4 Å². The van der Waals surface area contributed by atoms with Crippen LogP contribution in [0.1, 0.15) is 22.3 Å². The Labute approximate surface area is 203 Å². The van der Waals surface area contributed by atoms with Gasteiger partial charge in [-0.2, -0.15) is 0 Å². The number of rotatable bonds is 5. The normalized spacial score (nSPS) is 13.4. The highest BCUT2D eigenvalue weighted by atomic mass is 79.9. The zero-order valence-corrected chi connectivity index (χ0v) is 20.3. The molecule has 0 saturated carbocycles. The van der Waals surface area contributed by atoms with Gasteiger partial charge in [0.15, 0.2) is 0 Å². The van der Waals surface area contributed by atoms with E-state index in [0.717, 1.165) is 38.5 Å². The van der Waals surface area contributed by atoms with Crippen LogP contribution in [0.4, 0.5) is 5.69 Å². The van der Waals surface area contributed by atoms with Crippen LogP contribution in [-0.4, -0.2) is 4.92 Å². The van der Waals surface area contributed by atoms with E-state index in [4.69, 9.17) is 0 Å². The van der Waals surface area contributed by atoms with Crippen LogP contribution in [0.3, 0.4) is 0 Å². The molecule has 0 aromatic heterocycles. The molecule has 5 rings (SSSR count). The Morgan fingerprint density at radius 2 is 1.22 bits per heavy atom. The van der Waals surface area contributed by atoms with Gasteiger partial charge in [-0.25, -0.2) is 0 Å². The third-order valence-electron chi connectivity index (χ3n) is 6.36. The van der Waals surface area contributed by atoms with Gasteiger partial charge in [-0.1, -0.05) is 92.5 Å². The van der Waals surface area contributed by atoms with E-state index < -0.39 is 5.41 Å². The maximum atomic E-state index is 11.7. The number of benzene rings is 4. The molecule has 5 heteroatoms. The lowest BCUT2D eigenvalue weighted by Crippen LogP contribution is -2.31. The van der Waals surface area contributed by atoms with Gasteiger partial charge in [0, 0.05) is 26.5 Å². The topological polar surface area (TPSA) is 43.1 Å². The first-order chi connectivity index (χ1) is 15.5. The fraction of sp³-hybridized carbons (Fsp3) is 0.111. The second-order valence-corrected chi connectivity index (χ2v) is 9.86. The van der Waals surface area contributed by atoms with Gasteiger partial charge in [-0.3, -0.25) is 10.1 Å². The minimum atomic E-state index is -0.439. The van der Waals surface area contributed by atoms with Crippen molar-refractivity contribution in [3.8, 4) is 11.1 Å². The zero-order valence-electron chi connectivity index (χ0n) is 17.1. The van der Waals surface area contributed by atoms with Gasteiger partial charge in [-0.05, 0) is 64.4 Å². The van der Waals surface area contributed by atoms with E-state index in [1.165, 1.54) is 16.7 Å². The van der Waals surface area contributed by atoms with Crippen molar-refractivity contribution in [3.63, 3.8) is 0 Å². The average Bonchev–Trinajstić information content (AvgIpc) is 3.06. The van der Waals surface area contributed by atoms with E-state index in [2.05, 4.69) is 74.3 Å². The molecule has 0 saturated heterocycles. The molecule has 0 atom stereocenters. The Bertz CT molecular complexity index is 1300. The molecule has 0 N–H and O–H groups in total. The van der Waals surface area contributed by atoms with Crippen molar-refractivity contribution in [1.29, 1.82) is 0 Å². The fourth-order valence-corrected chi connectivity index (χ4v) is 5.78. The van der Waals surface area contributed by atoms with Gasteiger partial charge >= 0.3 is 0 Å². The number of nitro groups is 1. The van der Waals surface area contributed by atoms with Gasteiger partial charge in [0.05, 0.1) is 4.92 Å². The van der Waals surface area contributed by atoms with E-state index in [9.17, 15) is 10.1 Å². The van der Waals surface area contributed by atoms with Crippen LogP contribution in [0.5, 0.6) is 0 Å². The van der Waals surface area contributed by atoms with Crippen LogP contribution in [-0.2, 0) is 18.3 Å². The van der Waals surface area contributed by atoms with Crippen LogP contribution >= 0.6 is 31.9 Å². The average molecular weight is 549 g/mol. The monoisotopic (exact) mass is 547 g/mol. The molecule has 4 aromatic rings. The van der Waals surface area contributed by atoms with Gasteiger partial charge in [-0.15, -0.1) is 0 Å². The number of hydrogen-bond acceptors (Lipinski definition) is 2. The Morgan fingerprint density at radius 3 is 1.81 bits per heavy atom. The minimum absolute atomic E-state index is 0.125. The molecule has 0 fully saturated rings. The number of fused-ring (bicyclic) bond motifs is 3. The first kappa shape index (κ1) is 21.1. The first-order valence-corrected chi connectivity index (χ1v) is 11.9. The van der Waals surface area contributed by atoms with Crippen LogP contribution in [0.25, 0.3) is 11.1 Å². The third kappa shape index (κ3) is 3.50. The molecule has 0 aliphatic heterocycles. The molecule has 1 aliphatic rings. The van der Waals surface area contributed by atoms with E-state index in [-0.39, 0.29) is 10.6 Å². The maximum Gasteiger partial charge on any atom is 0.269 e. The lowest BCUT2D eigenvalue weighted by Gasteiger charge is -2.33. The van der Waals surface area contributed by atoms with Crippen molar-refractivity contribution >= 4 is 37.5 Å². The van der Waals surface area contributed by atoms with E-state index in [1.54, 1.807) is 12.1 Å². The molecule has 0 heterocycles. The van der Waals surface area contributed by atoms with Crippen molar-refractivity contribution in [2.45, 2.75) is 18.3 Å². The molecule has 1 aliphatic carbocycles. The highest BCUT2D eigenvalue weighted by Gasteiger charge is 2.44. The quantitative estimate of drug-likeness (QED) is 0.188. The van der Waals surface area contributed by atoms with E-state index >= 15 is 0 Å². The van der Waals surface area contributed by atoms with Crippen LogP contribution < -0.4 is 0 Å². The Balaban J connectivity index is 1.81. The summed E-state index contributed by atoms with van der Waals surface area (Å²) < 4.78 is 2.09. The van der Waals surface area contributed by atoms with Crippen molar-refractivity contribution in [3.05, 3.63) is 132 Å². The molecular formula is C27H19Br2NO2. The Morgan fingerprint density at radius 1 is 0.688 bits per heavy atom. The van der Waals surface area contributed by atoms with Gasteiger partial charge in [0.2, 0.25) is 0 Å². The fourth-order valence-electron chi connectivity index (χ4n) is 4.93. The van der Waals surface area contributed by atoms with Crippen molar-refractivity contribution in [2.24, 2.45) is 0 Å². The molecule has 0 bridgehead atoms. The number of nitro benzene ring substituents is 1. The second-order valence-electron chi connectivity index (χ2n) is 8.15. The van der Waals surface area contributed by atoms with Gasteiger partial charge in [0.25, 0.3) is 5.69 Å². The molecule has 4 aromatic carbocycles. The second kappa shape index (κ2) is 8.30. The number of nitrogens with zero attached hydrogens (tertiary/aromatic N) is 1. The van der Waals surface area contributed by atoms with Crippen LogP contribution in [0, 0.1) is 10.1 Å². The summed E-state index contributed by atoms with van der Waals surface area (Å²) in [4.78, 5) is 11.4. The van der Waals surface area contributed by atoms with Gasteiger partial charge < -0.3 is 0 Å². The molecule has 3 nitrogen and oxygen atoms in total. The molecule has 32 heavy (non-hydrogen) atoms. The highest BCUT2D eigenvalue weighted by molar-refractivity contribution is 9.10. The largest absolute Gasteiger partial charge is 0.269 e. The number of non-ortho nitro benzene ring substituents is 1. The summed E-state index contributed by atoms with van der Waals surface area (Å²) in [7, 11) is 0. The number of hydrogen-bond donors (Lipinski definition) is 0. The lowest BCUT2D eigenvalue weighted by atomic mass is 9.69. The Kier molecular flexibility index (Phi) is 5.48. The summed E-state index contributed by atoms with van der Waals surface area (Å²) in [5.74, 6) is 0. The van der Waals surface area contributed by atoms with Crippen LogP contribution in [0.15, 0.2) is 99.9 Å². The summed E-state index contributed by atoms with van der Waals surface area (Å²) in [5.41, 5.74) is 6.48. The molecule has 0 unspecified atom stereocenters. The summed E-state index contributed by atoms with van der Waals surface area (Å²) in [5, 5.41) is 11.7. The van der Waals surface area contributed by atoms with Gasteiger partial charge in [0.1, 0.15) is 0 Å². The molecular weight excluding hydrogens is 530 g/mol. The first-order valence-electron chi connectivity index (χ1n) is 10.4. The van der Waals surface area contributed by atoms with Crippen molar-refractivity contribution < 1.29 is 4.92 Å². The SMILES string of the molecule is O=[N+]([O-])c1ccc2c(c1)C(Cc1ccccc1Br)(Cc1ccccc1Br)c1ccccc1-2. The van der Waals surface area contributed by atoms with E-state index in [0.29, 0.717) is 0 Å². The highest BCUT2D eigenvalue weighted by Crippen LogP contribution is 2.53. The van der Waals surface area contributed by atoms with Crippen LogP contribution in [0.2, 0.25) is 0 Å². The van der Waals surface area contributed by atoms with Crippen molar-refractivity contribution in [2.75, 3.05) is 0 Å². The summed E-state index contributed by atoms with van der Waals surface area (Å²) in [6.45, 7) is 0. The molecule has 0 spiro atoms. The summed E-state index contributed by atoms with van der Waals surface area (Å²) in [6.07, 6.45) is 1.45. The minimum Gasteiger partial charge on any atom is -0.258 e. The smallest absolute Gasteiger partial charge is 0.258 e. The predicted molar refractivity (Wildman–Crippen MR) is 135 cm³/mol. The maximum absolute atomic E-state index is 11.7. The predicted octanol–water partition coefficient (Wildman–Crippen LogP) is 7.87. The standard InChI is InChI=1S/C27H19Br2NO2/c28-25-11-5-1-7-18(25)16-27(17-19-8-2-6-12-26(19)29)23-10-4-3-9-21(23)22-14-13-20(30(31)32)15-24(22)27/h1-15H,16-17H2.